The predicted octanol–water partition coefficient (Wildman–Crippen LogP) is 3.77. The third-order valence-corrected chi connectivity index (χ3v) is 3.31. The lowest BCUT2D eigenvalue weighted by Crippen LogP contribution is -2.16. The lowest BCUT2D eigenvalue weighted by atomic mass is 10.1. The number of para-hydroxylation sites is 1. The van der Waals surface area contributed by atoms with Gasteiger partial charge in [-0.15, -0.1) is 0 Å². The van der Waals surface area contributed by atoms with E-state index in [1.807, 2.05) is 24.5 Å². The Morgan fingerprint density at radius 1 is 0.895 bits per heavy atom. The first kappa shape index (κ1) is 12.0. The molecule has 0 spiro atoms. The molecule has 0 atom stereocenters. The number of furan rings is 1. The highest BCUT2D eigenvalue weighted by Gasteiger charge is 2.03. The van der Waals surface area contributed by atoms with Crippen molar-refractivity contribution in [3.05, 3.63) is 72.0 Å². The van der Waals surface area contributed by atoms with E-state index in [4.69, 9.17) is 4.42 Å². The zero-order valence-electron chi connectivity index (χ0n) is 10.8. The van der Waals surface area contributed by atoms with Crippen LogP contribution in [0.2, 0.25) is 0 Å². The molecule has 2 nitrogen and oxygen atoms in total. The lowest BCUT2D eigenvalue weighted by molar-refractivity contribution is 0.602. The Bertz CT molecular complexity index is 642. The Morgan fingerprint density at radius 3 is 2.58 bits per heavy atom. The van der Waals surface area contributed by atoms with Gasteiger partial charge in [0, 0.05) is 17.5 Å². The molecule has 0 saturated heterocycles. The molecule has 2 heteroatoms. The molecule has 1 N–H and O–H groups in total. The topological polar surface area (TPSA) is 25.2 Å². The van der Waals surface area contributed by atoms with Gasteiger partial charge in [-0.05, 0) is 24.6 Å². The van der Waals surface area contributed by atoms with E-state index in [9.17, 15) is 0 Å². The van der Waals surface area contributed by atoms with Gasteiger partial charge in [-0.2, -0.15) is 0 Å². The molecule has 0 saturated carbocycles. The molecule has 19 heavy (non-hydrogen) atoms. The van der Waals surface area contributed by atoms with Gasteiger partial charge in [-0.3, -0.25) is 0 Å². The molecule has 0 fully saturated rings. The van der Waals surface area contributed by atoms with Crippen molar-refractivity contribution in [2.24, 2.45) is 0 Å². The van der Waals surface area contributed by atoms with E-state index in [-0.39, 0.29) is 0 Å². The quantitative estimate of drug-likeness (QED) is 0.698. The molecule has 0 radical (unpaired) electrons. The van der Waals surface area contributed by atoms with Crippen LogP contribution in [0.1, 0.15) is 11.1 Å². The molecule has 3 rings (SSSR count). The van der Waals surface area contributed by atoms with E-state index >= 15 is 0 Å². The number of rotatable bonds is 5. The maximum atomic E-state index is 5.52. The van der Waals surface area contributed by atoms with Crippen LogP contribution in [-0.2, 0) is 13.0 Å². The van der Waals surface area contributed by atoms with Crippen LogP contribution < -0.4 is 5.32 Å². The van der Waals surface area contributed by atoms with E-state index in [1.54, 1.807) is 0 Å². The van der Waals surface area contributed by atoms with E-state index in [1.165, 1.54) is 16.5 Å². The highest BCUT2D eigenvalue weighted by molar-refractivity contribution is 5.80. The molecule has 1 aromatic heterocycles. The summed E-state index contributed by atoms with van der Waals surface area (Å²) in [6.45, 7) is 1.83. The summed E-state index contributed by atoms with van der Waals surface area (Å²) in [5.74, 6) is 0. The molecule has 2 aromatic carbocycles. The molecule has 96 valence electrons. The molecule has 0 bridgehead atoms. The first-order chi connectivity index (χ1) is 9.43. The highest BCUT2D eigenvalue weighted by atomic mass is 16.3. The van der Waals surface area contributed by atoms with E-state index < -0.39 is 0 Å². The minimum Gasteiger partial charge on any atom is -0.464 e. The van der Waals surface area contributed by atoms with Crippen LogP contribution in [0.4, 0.5) is 0 Å². The monoisotopic (exact) mass is 251 g/mol. The zero-order chi connectivity index (χ0) is 12.9. The van der Waals surface area contributed by atoms with E-state index in [0.29, 0.717) is 0 Å². The van der Waals surface area contributed by atoms with Crippen molar-refractivity contribution in [2.45, 2.75) is 13.0 Å². The van der Waals surface area contributed by atoms with Gasteiger partial charge in [0.25, 0.3) is 0 Å². The van der Waals surface area contributed by atoms with Gasteiger partial charge in [0.05, 0.1) is 6.26 Å². The van der Waals surface area contributed by atoms with Crippen molar-refractivity contribution in [1.82, 2.24) is 5.32 Å². The van der Waals surface area contributed by atoms with Crippen molar-refractivity contribution in [3.8, 4) is 0 Å². The second kappa shape index (κ2) is 5.72. The molecular formula is C17H17NO. The molecule has 0 aliphatic carbocycles. The maximum absolute atomic E-state index is 5.52. The van der Waals surface area contributed by atoms with Gasteiger partial charge in [0.2, 0.25) is 0 Å². The summed E-state index contributed by atoms with van der Waals surface area (Å²) in [4.78, 5) is 0. The van der Waals surface area contributed by atoms with Crippen LogP contribution in [0, 0.1) is 0 Å². The van der Waals surface area contributed by atoms with Gasteiger partial charge in [-0.25, -0.2) is 0 Å². The molecule has 3 aromatic rings. The molecule has 0 unspecified atom stereocenters. The Kier molecular flexibility index (Phi) is 3.61. The lowest BCUT2D eigenvalue weighted by Gasteiger charge is -2.03. The van der Waals surface area contributed by atoms with Crippen molar-refractivity contribution < 1.29 is 4.42 Å². The summed E-state index contributed by atoms with van der Waals surface area (Å²) < 4.78 is 5.52. The fourth-order valence-electron chi connectivity index (χ4n) is 2.27. The van der Waals surface area contributed by atoms with Crippen molar-refractivity contribution in [2.75, 3.05) is 6.54 Å². The van der Waals surface area contributed by atoms with Crippen LogP contribution in [0.5, 0.6) is 0 Å². The number of hydrogen-bond acceptors (Lipinski definition) is 2. The summed E-state index contributed by atoms with van der Waals surface area (Å²) in [5, 5.41) is 4.67. The first-order valence-electron chi connectivity index (χ1n) is 6.63. The fourth-order valence-corrected chi connectivity index (χ4v) is 2.27. The summed E-state index contributed by atoms with van der Waals surface area (Å²) in [5.41, 5.74) is 3.55. The fraction of sp³-hybridized carbons (Fsp3) is 0.176. The number of benzene rings is 2. The van der Waals surface area contributed by atoms with Gasteiger partial charge in [0.1, 0.15) is 5.58 Å². The molecule has 0 aliphatic rings. The smallest absolute Gasteiger partial charge is 0.134 e. The third-order valence-electron chi connectivity index (χ3n) is 3.31. The molecular weight excluding hydrogens is 234 g/mol. The summed E-state index contributed by atoms with van der Waals surface area (Å²) in [6, 6.07) is 18.7. The van der Waals surface area contributed by atoms with Crippen molar-refractivity contribution in [3.63, 3.8) is 0 Å². The zero-order valence-corrected chi connectivity index (χ0v) is 10.8. The standard InChI is InChI=1S/C17H17NO/c1-2-6-14(7-3-1)10-11-18-12-15-13-19-17-9-5-4-8-16(15)17/h1-9,13,18H,10-12H2. The van der Waals surface area contributed by atoms with Crippen molar-refractivity contribution >= 4 is 11.0 Å². The predicted molar refractivity (Wildman–Crippen MR) is 78.1 cm³/mol. The normalized spacial score (nSPS) is 10.9. The minimum atomic E-state index is 0.851. The van der Waals surface area contributed by atoms with Crippen LogP contribution in [0.15, 0.2) is 65.3 Å². The van der Waals surface area contributed by atoms with Gasteiger partial charge in [-0.1, -0.05) is 48.5 Å². The minimum absolute atomic E-state index is 0.851. The highest BCUT2D eigenvalue weighted by Crippen LogP contribution is 2.20. The third kappa shape index (κ3) is 2.85. The number of fused-ring (bicyclic) bond motifs is 1. The molecule has 1 heterocycles. The second-order valence-corrected chi connectivity index (χ2v) is 4.67. The Labute approximate surface area is 113 Å². The maximum Gasteiger partial charge on any atom is 0.134 e. The van der Waals surface area contributed by atoms with Crippen LogP contribution in [0.25, 0.3) is 11.0 Å². The van der Waals surface area contributed by atoms with Gasteiger partial charge >= 0.3 is 0 Å². The summed E-state index contributed by atoms with van der Waals surface area (Å²) in [6.07, 6.45) is 2.90. The average molecular weight is 251 g/mol. The Hall–Kier alpha value is -2.06. The van der Waals surface area contributed by atoms with Crippen LogP contribution >= 0.6 is 0 Å². The molecule has 0 aliphatic heterocycles. The SMILES string of the molecule is c1ccc(CCNCc2coc3ccccc23)cc1. The molecule has 0 amide bonds. The van der Waals surface area contributed by atoms with E-state index in [0.717, 1.165) is 25.1 Å². The Morgan fingerprint density at radius 2 is 1.68 bits per heavy atom. The van der Waals surface area contributed by atoms with Crippen LogP contribution in [0.3, 0.4) is 0 Å². The second-order valence-electron chi connectivity index (χ2n) is 4.67. The number of hydrogen-bond donors (Lipinski definition) is 1. The van der Waals surface area contributed by atoms with Gasteiger partial charge in [0.15, 0.2) is 0 Å². The average Bonchev–Trinajstić information content (AvgIpc) is 2.88. The first-order valence-corrected chi connectivity index (χ1v) is 6.63. The summed E-state index contributed by atoms with van der Waals surface area (Å²) in [7, 11) is 0. The summed E-state index contributed by atoms with van der Waals surface area (Å²) >= 11 is 0. The van der Waals surface area contributed by atoms with E-state index in [2.05, 4.69) is 41.7 Å². The van der Waals surface area contributed by atoms with Crippen LogP contribution in [-0.4, -0.2) is 6.54 Å². The number of nitrogens with one attached hydrogen (secondary N) is 1. The largest absolute Gasteiger partial charge is 0.464 e. The van der Waals surface area contributed by atoms with Crippen molar-refractivity contribution in [1.29, 1.82) is 0 Å². The van der Waals surface area contributed by atoms with Gasteiger partial charge < -0.3 is 9.73 Å². The Balaban J connectivity index is 1.55.